The first-order valence-corrected chi connectivity index (χ1v) is 5.05. The van der Waals surface area contributed by atoms with Gasteiger partial charge in [0.2, 0.25) is 0 Å². The van der Waals surface area contributed by atoms with Gasteiger partial charge in [-0.15, -0.1) is 0 Å². The molecule has 10 heteroatoms. The number of non-ortho nitro benzene ring substituents is 1. The number of nitrogens with two attached hydrogens (primary N) is 1. The number of urea groups is 1. The lowest BCUT2D eigenvalue weighted by molar-refractivity contribution is -0.384. The second kappa shape index (κ2) is 6.13. The van der Waals surface area contributed by atoms with E-state index in [9.17, 15) is 24.5 Å². The topological polar surface area (TPSA) is 162 Å². The monoisotopic (exact) mass is 283 g/mol. The number of carbonyl (C=O) groups excluding carboxylic acids is 2. The van der Waals surface area contributed by atoms with E-state index in [0.717, 1.165) is 18.2 Å². The van der Waals surface area contributed by atoms with Gasteiger partial charge >= 0.3 is 12.0 Å². The number of nitrogens with one attached hydrogen (secondary N) is 1. The van der Waals surface area contributed by atoms with Crippen LogP contribution >= 0.6 is 0 Å². The van der Waals surface area contributed by atoms with Gasteiger partial charge in [-0.05, 0) is 6.07 Å². The lowest BCUT2D eigenvalue weighted by Gasteiger charge is -2.08. The molecule has 0 aliphatic rings. The van der Waals surface area contributed by atoms with Crippen LogP contribution in [0.15, 0.2) is 18.2 Å². The Balaban J connectivity index is 2.89. The van der Waals surface area contributed by atoms with Gasteiger partial charge in [0.25, 0.3) is 11.6 Å². The predicted octanol–water partition coefficient (Wildman–Crippen LogP) is -0.133. The van der Waals surface area contributed by atoms with Crippen molar-refractivity contribution in [2.75, 3.05) is 6.61 Å². The summed E-state index contributed by atoms with van der Waals surface area (Å²) in [7, 11) is 0. The molecule has 0 radical (unpaired) electrons. The highest BCUT2D eigenvalue weighted by Gasteiger charge is 2.18. The smallest absolute Gasteiger partial charge is 0.339 e. The van der Waals surface area contributed by atoms with Gasteiger partial charge in [0.05, 0.1) is 4.92 Å². The first-order chi connectivity index (χ1) is 9.31. The standard InChI is InChI=1S/C10H9N3O7/c11-10(17)12-8(14)4-20-7-2-1-5(13(18)19)3-6(7)9(15)16/h1-3H,4H2,(H,15,16)(H3,11,12,14,17). The van der Waals surface area contributed by atoms with Crippen molar-refractivity contribution >= 4 is 23.6 Å². The molecule has 3 amide bonds. The summed E-state index contributed by atoms with van der Waals surface area (Å²) in [5, 5.41) is 21.1. The molecule has 0 heterocycles. The number of carboxylic acids is 1. The SMILES string of the molecule is NC(=O)NC(=O)COc1ccc([N+](=O)[O-])cc1C(=O)O. The summed E-state index contributed by atoms with van der Waals surface area (Å²) in [6, 6.07) is 1.78. The van der Waals surface area contributed by atoms with Crippen LogP contribution in [0, 0.1) is 10.1 Å². The first-order valence-electron chi connectivity index (χ1n) is 5.05. The molecule has 0 saturated carbocycles. The molecular formula is C10H9N3O7. The molecule has 1 rings (SSSR count). The molecule has 0 bridgehead atoms. The van der Waals surface area contributed by atoms with Gasteiger partial charge < -0.3 is 15.6 Å². The average molecular weight is 283 g/mol. The van der Waals surface area contributed by atoms with E-state index in [0.29, 0.717) is 0 Å². The third kappa shape index (κ3) is 3.94. The fourth-order valence-corrected chi connectivity index (χ4v) is 1.24. The van der Waals surface area contributed by atoms with E-state index >= 15 is 0 Å². The number of hydrogen-bond acceptors (Lipinski definition) is 6. The third-order valence-electron chi connectivity index (χ3n) is 2.03. The van der Waals surface area contributed by atoms with E-state index in [1.807, 2.05) is 0 Å². The zero-order valence-electron chi connectivity index (χ0n) is 9.86. The maximum absolute atomic E-state index is 11.1. The highest BCUT2D eigenvalue weighted by Crippen LogP contribution is 2.24. The van der Waals surface area contributed by atoms with Crippen molar-refractivity contribution in [3.63, 3.8) is 0 Å². The Kier molecular flexibility index (Phi) is 4.56. The molecule has 0 aliphatic carbocycles. The van der Waals surface area contributed by atoms with E-state index in [1.165, 1.54) is 0 Å². The minimum atomic E-state index is -1.46. The Morgan fingerprint density at radius 2 is 2.05 bits per heavy atom. The fourth-order valence-electron chi connectivity index (χ4n) is 1.24. The minimum absolute atomic E-state index is 0.247. The number of amides is 3. The van der Waals surface area contributed by atoms with E-state index < -0.39 is 40.7 Å². The zero-order valence-corrected chi connectivity index (χ0v) is 9.86. The van der Waals surface area contributed by atoms with Crippen molar-refractivity contribution in [2.45, 2.75) is 0 Å². The maximum Gasteiger partial charge on any atom is 0.339 e. The highest BCUT2D eigenvalue weighted by atomic mass is 16.6. The molecule has 1 aromatic carbocycles. The number of aromatic carboxylic acids is 1. The molecule has 20 heavy (non-hydrogen) atoms. The highest BCUT2D eigenvalue weighted by molar-refractivity contribution is 5.95. The molecule has 106 valence electrons. The van der Waals surface area contributed by atoms with Crippen LogP contribution in [0.3, 0.4) is 0 Å². The van der Waals surface area contributed by atoms with Crippen LogP contribution in [-0.4, -0.2) is 34.5 Å². The molecule has 0 fully saturated rings. The van der Waals surface area contributed by atoms with Crippen LogP contribution in [0.25, 0.3) is 0 Å². The van der Waals surface area contributed by atoms with Gasteiger partial charge in [0, 0.05) is 12.1 Å². The van der Waals surface area contributed by atoms with Crippen molar-refractivity contribution < 1.29 is 29.2 Å². The summed E-state index contributed by atoms with van der Waals surface area (Å²) < 4.78 is 4.87. The summed E-state index contributed by atoms with van der Waals surface area (Å²) in [6.07, 6.45) is 0. The molecule has 4 N–H and O–H groups in total. The predicted molar refractivity (Wildman–Crippen MR) is 63.3 cm³/mol. The largest absolute Gasteiger partial charge is 0.483 e. The van der Waals surface area contributed by atoms with Crippen LogP contribution in [0.5, 0.6) is 5.75 Å². The van der Waals surface area contributed by atoms with E-state index in [-0.39, 0.29) is 5.75 Å². The van der Waals surface area contributed by atoms with Gasteiger partial charge in [-0.25, -0.2) is 9.59 Å². The second-order valence-corrected chi connectivity index (χ2v) is 3.44. The molecular weight excluding hydrogens is 274 g/mol. The van der Waals surface area contributed by atoms with Gasteiger partial charge in [-0.1, -0.05) is 0 Å². The Morgan fingerprint density at radius 3 is 2.55 bits per heavy atom. The number of benzene rings is 1. The Bertz CT molecular complexity index is 584. The summed E-state index contributed by atoms with van der Waals surface area (Å²) in [5.74, 6) is -2.59. The number of hydrogen-bond donors (Lipinski definition) is 3. The number of carboxylic acid groups (broad SMARTS) is 1. The molecule has 1 aromatic rings. The lowest BCUT2D eigenvalue weighted by atomic mass is 10.2. The molecule has 0 unspecified atom stereocenters. The second-order valence-electron chi connectivity index (χ2n) is 3.44. The first kappa shape index (κ1) is 14.9. The number of carbonyl (C=O) groups is 3. The molecule has 10 nitrogen and oxygen atoms in total. The Hall–Kier alpha value is -3.17. The molecule has 0 aromatic heterocycles. The molecule has 0 atom stereocenters. The maximum atomic E-state index is 11.1. The summed E-state index contributed by atoms with van der Waals surface area (Å²) in [5.41, 5.74) is 3.78. The minimum Gasteiger partial charge on any atom is -0.483 e. The van der Waals surface area contributed by atoms with E-state index in [4.69, 9.17) is 15.6 Å². The Morgan fingerprint density at radius 1 is 1.40 bits per heavy atom. The van der Waals surface area contributed by atoms with Crippen LogP contribution in [0.2, 0.25) is 0 Å². The van der Waals surface area contributed by atoms with Crippen molar-refractivity contribution in [1.29, 1.82) is 0 Å². The fraction of sp³-hybridized carbons (Fsp3) is 0.100. The van der Waals surface area contributed by atoms with E-state index in [1.54, 1.807) is 5.32 Å². The normalized spacial score (nSPS) is 9.60. The van der Waals surface area contributed by atoms with Crippen molar-refractivity contribution in [3.05, 3.63) is 33.9 Å². The van der Waals surface area contributed by atoms with Gasteiger partial charge in [0.1, 0.15) is 11.3 Å². The zero-order chi connectivity index (χ0) is 15.3. The molecule has 0 saturated heterocycles. The van der Waals surface area contributed by atoms with Crippen LogP contribution in [0.4, 0.5) is 10.5 Å². The lowest BCUT2D eigenvalue weighted by Crippen LogP contribution is -2.38. The number of ether oxygens (including phenoxy) is 1. The number of rotatable bonds is 5. The number of imide groups is 1. The van der Waals surface area contributed by atoms with Crippen molar-refractivity contribution in [1.82, 2.24) is 5.32 Å². The number of nitro benzene ring substituents is 1. The van der Waals surface area contributed by atoms with E-state index in [2.05, 4.69) is 0 Å². The Labute approximate surface area is 111 Å². The number of primary amides is 1. The van der Waals surface area contributed by atoms with Gasteiger partial charge in [-0.3, -0.25) is 20.2 Å². The van der Waals surface area contributed by atoms with Crippen LogP contribution < -0.4 is 15.8 Å². The molecule has 0 spiro atoms. The van der Waals surface area contributed by atoms with Gasteiger partial charge in [0.15, 0.2) is 6.61 Å². The molecule has 0 aliphatic heterocycles. The third-order valence-corrected chi connectivity index (χ3v) is 2.03. The average Bonchev–Trinajstić information content (AvgIpc) is 2.35. The summed E-state index contributed by atoms with van der Waals surface area (Å²) >= 11 is 0. The van der Waals surface area contributed by atoms with Gasteiger partial charge in [-0.2, -0.15) is 0 Å². The van der Waals surface area contributed by atoms with Crippen molar-refractivity contribution in [3.8, 4) is 5.75 Å². The summed E-state index contributed by atoms with van der Waals surface area (Å²) in [6.45, 7) is -0.666. The summed E-state index contributed by atoms with van der Waals surface area (Å²) in [4.78, 5) is 42.2. The number of nitrogens with zero attached hydrogens (tertiary/aromatic N) is 1. The quantitative estimate of drug-likeness (QED) is 0.500. The van der Waals surface area contributed by atoms with Crippen LogP contribution in [-0.2, 0) is 4.79 Å². The van der Waals surface area contributed by atoms with Crippen LogP contribution in [0.1, 0.15) is 10.4 Å². The number of nitro groups is 1. The van der Waals surface area contributed by atoms with Crippen molar-refractivity contribution in [2.24, 2.45) is 5.73 Å².